The predicted molar refractivity (Wildman–Crippen MR) is 94.7 cm³/mol. The molecule has 2 aromatic rings. The number of ether oxygens (including phenoxy) is 1. The lowest BCUT2D eigenvalue weighted by Gasteiger charge is -2.52. The molecule has 4 atom stereocenters. The highest BCUT2D eigenvalue weighted by molar-refractivity contribution is 5.77. The summed E-state index contributed by atoms with van der Waals surface area (Å²) in [5.41, 5.74) is 2.63. The van der Waals surface area contributed by atoms with Crippen LogP contribution in [0.4, 0.5) is 0 Å². The molecule has 2 saturated carbocycles. The van der Waals surface area contributed by atoms with Crippen LogP contribution in [0.5, 0.6) is 0 Å². The van der Waals surface area contributed by atoms with Gasteiger partial charge in [-0.05, 0) is 48.6 Å². The zero-order valence-corrected chi connectivity index (χ0v) is 14.1. The first kappa shape index (κ1) is 15.4. The predicted octanol–water partition coefficient (Wildman–Crippen LogP) is 4.77. The Morgan fingerprint density at radius 2 is 1.46 bits per heavy atom. The minimum atomic E-state index is -0.00423. The smallest absolute Gasteiger partial charge is 0.309 e. The van der Waals surface area contributed by atoms with E-state index < -0.39 is 0 Å². The van der Waals surface area contributed by atoms with Gasteiger partial charge < -0.3 is 4.74 Å². The van der Waals surface area contributed by atoms with E-state index in [4.69, 9.17) is 4.74 Å². The van der Waals surface area contributed by atoms with E-state index in [1.165, 1.54) is 24.0 Å². The minimum absolute atomic E-state index is 0.00423. The van der Waals surface area contributed by atoms with E-state index in [-0.39, 0.29) is 17.8 Å². The molecule has 0 bridgehead atoms. The van der Waals surface area contributed by atoms with Gasteiger partial charge in [0.15, 0.2) is 0 Å². The topological polar surface area (TPSA) is 26.3 Å². The highest BCUT2D eigenvalue weighted by Gasteiger charge is 2.59. The summed E-state index contributed by atoms with van der Waals surface area (Å²) in [6.45, 7) is 2.36. The molecule has 0 unspecified atom stereocenters. The number of rotatable bonds is 5. The highest BCUT2D eigenvalue weighted by Crippen LogP contribution is 2.64. The standard InChI is InChI=1S/C22H24O2/c1-2-24-22(23)21-19(16-11-7-4-8-12-16)18(20(21)17-13-14-17)15-9-5-3-6-10-15/h3-12,17-21H,2,13-14H2,1H3/t18-,19-,20+,21+/m1/s1. The molecular weight excluding hydrogens is 296 g/mol. The van der Waals surface area contributed by atoms with Crippen molar-refractivity contribution < 1.29 is 9.53 Å². The molecule has 0 N–H and O–H groups in total. The Kier molecular flexibility index (Phi) is 4.13. The van der Waals surface area contributed by atoms with Gasteiger partial charge in [0.05, 0.1) is 12.5 Å². The van der Waals surface area contributed by atoms with Crippen LogP contribution >= 0.6 is 0 Å². The molecule has 0 heterocycles. The first-order valence-corrected chi connectivity index (χ1v) is 9.07. The van der Waals surface area contributed by atoms with Gasteiger partial charge in [-0.15, -0.1) is 0 Å². The van der Waals surface area contributed by atoms with E-state index in [2.05, 4.69) is 54.6 Å². The van der Waals surface area contributed by atoms with Gasteiger partial charge in [-0.3, -0.25) is 4.79 Å². The number of hydrogen-bond donors (Lipinski definition) is 0. The van der Waals surface area contributed by atoms with Gasteiger partial charge in [0.25, 0.3) is 0 Å². The summed E-state index contributed by atoms with van der Waals surface area (Å²) in [6, 6.07) is 21.2. The zero-order chi connectivity index (χ0) is 16.5. The molecule has 2 heteroatoms. The molecule has 0 spiro atoms. The second-order valence-corrected chi connectivity index (χ2v) is 7.07. The second-order valence-electron chi connectivity index (χ2n) is 7.07. The van der Waals surface area contributed by atoms with Crippen molar-refractivity contribution >= 4 is 5.97 Å². The maximum absolute atomic E-state index is 12.7. The van der Waals surface area contributed by atoms with Crippen LogP contribution in [0.25, 0.3) is 0 Å². The van der Waals surface area contributed by atoms with Gasteiger partial charge in [-0.25, -0.2) is 0 Å². The van der Waals surface area contributed by atoms with Crippen LogP contribution in [0.2, 0.25) is 0 Å². The Balaban J connectivity index is 1.73. The van der Waals surface area contributed by atoms with Gasteiger partial charge in [-0.2, -0.15) is 0 Å². The van der Waals surface area contributed by atoms with Crippen LogP contribution in [0.15, 0.2) is 60.7 Å². The van der Waals surface area contributed by atoms with E-state index in [1.54, 1.807) is 0 Å². The van der Waals surface area contributed by atoms with Crippen molar-refractivity contribution in [3.63, 3.8) is 0 Å². The Hall–Kier alpha value is -2.09. The molecule has 24 heavy (non-hydrogen) atoms. The number of carbonyl (C=O) groups excluding carboxylic acids is 1. The van der Waals surface area contributed by atoms with Crippen molar-refractivity contribution in [2.45, 2.75) is 31.6 Å². The molecule has 0 aliphatic heterocycles. The van der Waals surface area contributed by atoms with Crippen molar-refractivity contribution in [2.75, 3.05) is 6.61 Å². The van der Waals surface area contributed by atoms with Crippen LogP contribution in [0, 0.1) is 17.8 Å². The summed E-state index contributed by atoms with van der Waals surface area (Å²) in [5, 5.41) is 0. The molecule has 0 saturated heterocycles. The molecule has 2 nitrogen and oxygen atoms in total. The van der Waals surface area contributed by atoms with Crippen molar-refractivity contribution in [2.24, 2.45) is 17.8 Å². The molecule has 0 amide bonds. The zero-order valence-electron chi connectivity index (χ0n) is 14.1. The van der Waals surface area contributed by atoms with Crippen LogP contribution in [-0.4, -0.2) is 12.6 Å². The average Bonchev–Trinajstić information content (AvgIpc) is 3.41. The summed E-state index contributed by atoms with van der Waals surface area (Å²) in [4.78, 5) is 12.7. The third-order valence-electron chi connectivity index (χ3n) is 5.70. The largest absolute Gasteiger partial charge is 0.466 e. The number of hydrogen-bond acceptors (Lipinski definition) is 2. The lowest BCUT2D eigenvalue weighted by Crippen LogP contribution is -2.49. The molecule has 0 radical (unpaired) electrons. The van der Waals surface area contributed by atoms with Gasteiger partial charge in [0, 0.05) is 5.92 Å². The summed E-state index contributed by atoms with van der Waals surface area (Å²) in [5.74, 6) is 1.77. The Bertz CT molecular complexity index is 690. The SMILES string of the molecule is CCOC(=O)[C@H]1[C@H](c2ccccc2)[C@@H](c2ccccc2)[C@@H]1C1CC1. The Morgan fingerprint density at radius 1 is 0.917 bits per heavy atom. The Labute approximate surface area is 143 Å². The molecule has 2 aliphatic carbocycles. The van der Waals surface area contributed by atoms with Gasteiger partial charge in [0.1, 0.15) is 0 Å². The molecule has 0 aromatic heterocycles. The first-order chi connectivity index (χ1) is 11.8. The highest BCUT2D eigenvalue weighted by atomic mass is 16.5. The molecular formula is C22H24O2. The third kappa shape index (κ3) is 2.64. The van der Waals surface area contributed by atoms with Crippen LogP contribution < -0.4 is 0 Å². The lowest BCUT2D eigenvalue weighted by atomic mass is 9.51. The first-order valence-electron chi connectivity index (χ1n) is 9.07. The van der Waals surface area contributed by atoms with E-state index in [9.17, 15) is 4.79 Å². The van der Waals surface area contributed by atoms with Crippen molar-refractivity contribution in [1.29, 1.82) is 0 Å². The van der Waals surface area contributed by atoms with Gasteiger partial charge in [-0.1, -0.05) is 60.7 Å². The molecule has 2 aliphatic rings. The van der Waals surface area contributed by atoms with Gasteiger partial charge >= 0.3 is 5.97 Å². The number of carbonyl (C=O) groups is 1. The third-order valence-corrected chi connectivity index (χ3v) is 5.70. The van der Waals surface area contributed by atoms with E-state index in [0.29, 0.717) is 24.4 Å². The summed E-state index contributed by atoms with van der Waals surface area (Å²) in [6.07, 6.45) is 2.51. The van der Waals surface area contributed by atoms with E-state index >= 15 is 0 Å². The maximum atomic E-state index is 12.7. The minimum Gasteiger partial charge on any atom is -0.466 e. The molecule has 2 aromatic carbocycles. The van der Waals surface area contributed by atoms with Crippen LogP contribution in [-0.2, 0) is 9.53 Å². The fourth-order valence-electron chi connectivity index (χ4n) is 4.58. The van der Waals surface area contributed by atoms with E-state index in [0.717, 1.165) is 0 Å². The van der Waals surface area contributed by atoms with Gasteiger partial charge in [0.2, 0.25) is 0 Å². The Morgan fingerprint density at radius 3 is 1.96 bits per heavy atom. The molecule has 124 valence electrons. The van der Waals surface area contributed by atoms with Crippen LogP contribution in [0.3, 0.4) is 0 Å². The fraction of sp³-hybridized carbons (Fsp3) is 0.409. The maximum Gasteiger partial charge on any atom is 0.309 e. The van der Waals surface area contributed by atoms with Crippen molar-refractivity contribution in [3.8, 4) is 0 Å². The molecule has 4 rings (SSSR count). The normalized spacial score (nSPS) is 28.9. The summed E-state index contributed by atoms with van der Waals surface area (Å²) < 4.78 is 5.45. The van der Waals surface area contributed by atoms with Crippen molar-refractivity contribution in [1.82, 2.24) is 0 Å². The van der Waals surface area contributed by atoms with Crippen LogP contribution in [0.1, 0.15) is 42.7 Å². The second kappa shape index (κ2) is 6.43. The average molecular weight is 320 g/mol. The molecule has 2 fully saturated rings. The lowest BCUT2D eigenvalue weighted by molar-refractivity contribution is -0.158. The fourth-order valence-corrected chi connectivity index (χ4v) is 4.58. The number of esters is 1. The quantitative estimate of drug-likeness (QED) is 0.742. The summed E-state index contributed by atoms with van der Waals surface area (Å²) in [7, 11) is 0. The number of benzene rings is 2. The van der Waals surface area contributed by atoms with Crippen molar-refractivity contribution in [3.05, 3.63) is 71.8 Å². The monoisotopic (exact) mass is 320 g/mol. The van der Waals surface area contributed by atoms with E-state index in [1.807, 2.05) is 13.0 Å². The summed E-state index contributed by atoms with van der Waals surface area (Å²) >= 11 is 0.